The summed E-state index contributed by atoms with van der Waals surface area (Å²) in [6.07, 6.45) is 2.98. The van der Waals surface area contributed by atoms with Crippen LogP contribution in [0.25, 0.3) is 0 Å². The second-order valence-electron chi connectivity index (χ2n) is 5.75. The molecule has 4 nitrogen and oxygen atoms in total. The molecule has 0 bridgehead atoms. The number of carbonyl (C=O) groups is 2. The van der Waals surface area contributed by atoms with Crippen LogP contribution in [0.15, 0.2) is 36.4 Å². The van der Waals surface area contributed by atoms with E-state index in [-0.39, 0.29) is 11.4 Å². The summed E-state index contributed by atoms with van der Waals surface area (Å²) in [4.78, 5) is 25.6. The van der Waals surface area contributed by atoms with E-state index in [2.05, 4.69) is 0 Å². The number of nitrogens with zero attached hydrogens (tertiary/aromatic N) is 1. The molecule has 0 fully saturated rings. The lowest BCUT2D eigenvalue weighted by molar-refractivity contribution is -0.137. The lowest BCUT2D eigenvalue weighted by Crippen LogP contribution is -2.45. The smallest absolute Gasteiger partial charge is 0.330 e. The summed E-state index contributed by atoms with van der Waals surface area (Å²) in [5, 5.41) is 0.584. The largest absolute Gasteiger partial charge is 0.463 e. The molecule has 0 saturated heterocycles. The van der Waals surface area contributed by atoms with Gasteiger partial charge in [0.1, 0.15) is 0 Å². The third-order valence-corrected chi connectivity index (χ3v) is 3.23. The van der Waals surface area contributed by atoms with Crippen LogP contribution in [0.5, 0.6) is 0 Å². The Morgan fingerprint density at radius 2 is 1.82 bits per heavy atom. The van der Waals surface area contributed by atoms with Gasteiger partial charge in [0.15, 0.2) is 0 Å². The molecule has 0 radical (unpaired) electrons. The minimum absolute atomic E-state index is 0.113. The van der Waals surface area contributed by atoms with Crippen molar-refractivity contribution in [2.45, 2.75) is 33.2 Å². The average molecular weight is 324 g/mol. The van der Waals surface area contributed by atoms with Gasteiger partial charge in [-0.2, -0.15) is 0 Å². The molecule has 120 valence electrons. The van der Waals surface area contributed by atoms with Gasteiger partial charge in [0.25, 0.3) is 5.91 Å². The van der Waals surface area contributed by atoms with Crippen molar-refractivity contribution in [1.82, 2.24) is 4.90 Å². The van der Waals surface area contributed by atoms with Crippen LogP contribution >= 0.6 is 11.6 Å². The van der Waals surface area contributed by atoms with Gasteiger partial charge in [-0.3, -0.25) is 4.79 Å². The van der Waals surface area contributed by atoms with Gasteiger partial charge in [0.05, 0.1) is 6.61 Å². The van der Waals surface area contributed by atoms with Crippen molar-refractivity contribution in [2.24, 2.45) is 0 Å². The van der Waals surface area contributed by atoms with Crippen LogP contribution in [0.3, 0.4) is 0 Å². The first-order valence-corrected chi connectivity index (χ1v) is 7.54. The molecule has 5 heteroatoms. The van der Waals surface area contributed by atoms with Gasteiger partial charge in [0.2, 0.25) is 0 Å². The molecule has 0 spiro atoms. The number of carbonyl (C=O) groups excluding carboxylic acids is 2. The maximum absolute atomic E-state index is 12.6. The van der Waals surface area contributed by atoms with Crippen molar-refractivity contribution >= 4 is 23.5 Å². The van der Waals surface area contributed by atoms with E-state index < -0.39 is 5.97 Å². The number of esters is 1. The predicted molar refractivity (Wildman–Crippen MR) is 88.0 cm³/mol. The first kappa shape index (κ1) is 18.2. The second kappa shape index (κ2) is 7.99. The quantitative estimate of drug-likeness (QED) is 0.613. The summed E-state index contributed by atoms with van der Waals surface area (Å²) in [6.45, 7) is 8.23. The maximum atomic E-state index is 12.6. The van der Waals surface area contributed by atoms with Gasteiger partial charge in [-0.15, -0.1) is 0 Å². The zero-order valence-corrected chi connectivity index (χ0v) is 14.2. The Balaban J connectivity index is 2.87. The molecule has 1 amide bonds. The molecule has 1 aromatic rings. The molecular weight excluding hydrogens is 302 g/mol. The Morgan fingerprint density at radius 3 is 2.32 bits per heavy atom. The summed E-state index contributed by atoms with van der Waals surface area (Å²) >= 11 is 5.85. The standard InChI is InChI=1S/C17H22ClNO3/c1-5-22-15(20)7-6-12-19(17(2,3)4)16(21)13-8-10-14(18)11-9-13/h6-11H,5,12H2,1-4H3. The van der Waals surface area contributed by atoms with Crippen molar-refractivity contribution in [3.63, 3.8) is 0 Å². The number of hydrogen-bond acceptors (Lipinski definition) is 3. The van der Waals surface area contributed by atoms with Crippen LogP contribution in [0.2, 0.25) is 5.02 Å². The van der Waals surface area contributed by atoms with Crippen LogP contribution in [0.4, 0.5) is 0 Å². The molecule has 0 heterocycles. The van der Waals surface area contributed by atoms with Crippen molar-refractivity contribution < 1.29 is 14.3 Å². The van der Waals surface area contributed by atoms with E-state index in [1.165, 1.54) is 6.08 Å². The zero-order chi connectivity index (χ0) is 16.8. The highest BCUT2D eigenvalue weighted by atomic mass is 35.5. The van der Waals surface area contributed by atoms with E-state index in [1.54, 1.807) is 42.2 Å². The van der Waals surface area contributed by atoms with Gasteiger partial charge in [-0.1, -0.05) is 17.7 Å². The van der Waals surface area contributed by atoms with Gasteiger partial charge in [-0.05, 0) is 52.0 Å². The molecule has 0 aliphatic carbocycles. The van der Waals surface area contributed by atoms with Crippen LogP contribution in [-0.2, 0) is 9.53 Å². The summed E-state index contributed by atoms with van der Waals surface area (Å²) < 4.78 is 4.82. The number of halogens is 1. The number of hydrogen-bond donors (Lipinski definition) is 0. The Labute approximate surface area is 136 Å². The number of rotatable bonds is 5. The zero-order valence-electron chi connectivity index (χ0n) is 13.4. The molecule has 22 heavy (non-hydrogen) atoms. The third-order valence-electron chi connectivity index (χ3n) is 2.97. The highest BCUT2D eigenvalue weighted by Crippen LogP contribution is 2.18. The fourth-order valence-electron chi connectivity index (χ4n) is 1.85. The summed E-state index contributed by atoms with van der Waals surface area (Å²) in [5.41, 5.74) is 0.180. The van der Waals surface area contributed by atoms with Crippen molar-refractivity contribution in [1.29, 1.82) is 0 Å². The molecule has 0 N–H and O–H groups in total. The van der Waals surface area contributed by atoms with E-state index in [4.69, 9.17) is 16.3 Å². The Kier molecular flexibility index (Phi) is 6.62. The molecule has 1 rings (SSSR count). The van der Waals surface area contributed by atoms with E-state index in [0.29, 0.717) is 23.7 Å². The average Bonchev–Trinajstić information content (AvgIpc) is 2.42. The van der Waals surface area contributed by atoms with E-state index in [9.17, 15) is 9.59 Å². The van der Waals surface area contributed by atoms with Gasteiger partial charge in [0, 0.05) is 28.7 Å². The maximum Gasteiger partial charge on any atom is 0.330 e. The van der Waals surface area contributed by atoms with Crippen LogP contribution < -0.4 is 0 Å². The minimum atomic E-state index is -0.407. The number of ether oxygens (including phenoxy) is 1. The van der Waals surface area contributed by atoms with Crippen LogP contribution in [-0.4, -0.2) is 35.5 Å². The third kappa shape index (κ3) is 5.53. The molecule has 0 atom stereocenters. The SMILES string of the molecule is CCOC(=O)C=CCN(C(=O)c1ccc(Cl)cc1)C(C)(C)C. The van der Waals surface area contributed by atoms with Crippen LogP contribution in [0.1, 0.15) is 38.1 Å². The summed E-state index contributed by atoms with van der Waals surface area (Å²) in [5.74, 6) is -0.520. The van der Waals surface area contributed by atoms with E-state index >= 15 is 0 Å². The summed E-state index contributed by atoms with van der Waals surface area (Å²) in [6, 6.07) is 6.76. The van der Waals surface area contributed by atoms with Gasteiger partial charge < -0.3 is 9.64 Å². The van der Waals surface area contributed by atoms with Gasteiger partial charge in [-0.25, -0.2) is 4.79 Å². The monoisotopic (exact) mass is 323 g/mol. The summed E-state index contributed by atoms with van der Waals surface area (Å²) in [7, 11) is 0. The Morgan fingerprint density at radius 1 is 1.23 bits per heavy atom. The highest BCUT2D eigenvalue weighted by Gasteiger charge is 2.26. The fourth-order valence-corrected chi connectivity index (χ4v) is 1.98. The topological polar surface area (TPSA) is 46.6 Å². The fraction of sp³-hybridized carbons (Fsp3) is 0.412. The van der Waals surface area contributed by atoms with Crippen molar-refractivity contribution in [2.75, 3.05) is 13.2 Å². The van der Waals surface area contributed by atoms with Crippen molar-refractivity contribution in [3.05, 3.63) is 47.0 Å². The normalized spacial score (nSPS) is 11.5. The van der Waals surface area contributed by atoms with Crippen molar-refractivity contribution in [3.8, 4) is 0 Å². The molecule has 1 aromatic carbocycles. The van der Waals surface area contributed by atoms with E-state index in [0.717, 1.165) is 0 Å². The molecule has 0 aliphatic rings. The van der Waals surface area contributed by atoms with Gasteiger partial charge >= 0.3 is 5.97 Å². The van der Waals surface area contributed by atoms with E-state index in [1.807, 2.05) is 20.8 Å². The second-order valence-corrected chi connectivity index (χ2v) is 6.18. The molecular formula is C17H22ClNO3. The Bertz CT molecular complexity index is 544. The highest BCUT2D eigenvalue weighted by molar-refractivity contribution is 6.30. The number of amides is 1. The molecule has 0 aliphatic heterocycles. The first-order chi connectivity index (χ1) is 10.3. The molecule has 0 unspecified atom stereocenters. The number of benzene rings is 1. The Hall–Kier alpha value is -1.81. The predicted octanol–water partition coefficient (Wildman–Crippen LogP) is 3.70. The lowest BCUT2D eigenvalue weighted by atomic mass is 10.0. The molecule has 0 saturated carbocycles. The lowest BCUT2D eigenvalue weighted by Gasteiger charge is -2.35. The van der Waals surface area contributed by atoms with Crippen LogP contribution in [0, 0.1) is 0 Å². The minimum Gasteiger partial charge on any atom is -0.463 e. The first-order valence-electron chi connectivity index (χ1n) is 7.16. The molecule has 0 aromatic heterocycles.